The first kappa shape index (κ1) is 18.5. The van der Waals surface area contributed by atoms with Gasteiger partial charge in [-0.05, 0) is 38.0 Å². The predicted molar refractivity (Wildman–Crippen MR) is 96.0 cm³/mol. The predicted octanol–water partition coefficient (Wildman–Crippen LogP) is 3.76. The van der Waals surface area contributed by atoms with Crippen molar-refractivity contribution in [3.05, 3.63) is 66.0 Å². The maximum atomic E-state index is 12.1. The second-order valence-electron chi connectivity index (χ2n) is 5.63. The van der Waals surface area contributed by atoms with Gasteiger partial charge in [0.2, 0.25) is 0 Å². The van der Waals surface area contributed by atoms with Gasteiger partial charge in [-0.15, -0.1) is 0 Å². The fraction of sp³-hybridized carbons (Fsp3) is 0.350. The number of carbonyl (C=O) groups is 1. The Bertz CT molecular complexity index is 671. The molecule has 5 heteroatoms. The fourth-order valence-corrected chi connectivity index (χ4v) is 2.83. The van der Waals surface area contributed by atoms with E-state index < -0.39 is 5.41 Å². The molecular weight excluding hydrogens is 314 g/mol. The van der Waals surface area contributed by atoms with Crippen LogP contribution in [-0.4, -0.2) is 35.7 Å². The molecule has 1 unspecified atom stereocenters. The molecule has 0 bridgehead atoms. The molecule has 1 amide bonds. The fourth-order valence-electron chi connectivity index (χ4n) is 2.83. The Balaban J connectivity index is 2.36. The van der Waals surface area contributed by atoms with Gasteiger partial charge in [-0.2, -0.15) is 5.26 Å². The molecule has 2 aromatic rings. The lowest BCUT2D eigenvalue weighted by Crippen LogP contribution is -2.37. The minimum atomic E-state index is -0.914. The van der Waals surface area contributed by atoms with E-state index in [1.165, 1.54) is 0 Å². The number of pyridine rings is 1. The van der Waals surface area contributed by atoms with Crippen molar-refractivity contribution in [3.63, 3.8) is 0 Å². The lowest BCUT2D eigenvalue weighted by Gasteiger charge is -2.29. The number of ether oxygens (including phenoxy) is 1. The summed E-state index contributed by atoms with van der Waals surface area (Å²) in [5, 5.41) is 10.1. The molecule has 0 aliphatic heterocycles. The van der Waals surface area contributed by atoms with Crippen molar-refractivity contribution in [2.75, 3.05) is 19.7 Å². The molecule has 1 aromatic carbocycles. The van der Waals surface area contributed by atoms with Crippen LogP contribution in [0.1, 0.15) is 31.5 Å². The first-order valence-electron chi connectivity index (χ1n) is 8.48. The lowest BCUT2D eigenvalue weighted by atomic mass is 9.75. The van der Waals surface area contributed by atoms with E-state index in [1.54, 1.807) is 18.0 Å². The molecule has 0 saturated heterocycles. The average molecular weight is 337 g/mol. The Kier molecular flexibility index (Phi) is 6.53. The van der Waals surface area contributed by atoms with Crippen LogP contribution in [0.5, 0.6) is 0 Å². The van der Waals surface area contributed by atoms with E-state index in [2.05, 4.69) is 11.1 Å². The van der Waals surface area contributed by atoms with Crippen molar-refractivity contribution < 1.29 is 9.53 Å². The van der Waals surface area contributed by atoms with Crippen LogP contribution in [0.15, 0.2) is 54.7 Å². The van der Waals surface area contributed by atoms with Crippen LogP contribution in [0.25, 0.3) is 0 Å². The highest BCUT2D eigenvalue weighted by Gasteiger charge is 2.36. The molecule has 25 heavy (non-hydrogen) atoms. The molecule has 0 aliphatic rings. The molecule has 1 aromatic heterocycles. The Morgan fingerprint density at radius 3 is 2.48 bits per heavy atom. The highest BCUT2D eigenvalue weighted by Crippen LogP contribution is 2.34. The minimum Gasteiger partial charge on any atom is -0.450 e. The summed E-state index contributed by atoms with van der Waals surface area (Å²) in [6.45, 7) is 4.95. The molecule has 0 spiro atoms. The van der Waals surface area contributed by atoms with E-state index in [9.17, 15) is 10.1 Å². The molecule has 0 saturated carbocycles. The Morgan fingerprint density at radius 1 is 1.20 bits per heavy atom. The van der Waals surface area contributed by atoms with Gasteiger partial charge in [0.05, 0.1) is 18.4 Å². The number of amides is 1. The Morgan fingerprint density at radius 2 is 1.92 bits per heavy atom. The third-order valence-corrected chi connectivity index (χ3v) is 4.22. The van der Waals surface area contributed by atoms with Gasteiger partial charge in [-0.3, -0.25) is 4.98 Å². The van der Waals surface area contributed by atoms with E-state index in [4.69, 9.17) is 4.74 Å². The quantitative estimate of drug-likeness (QED) is 0.771. The molecule has 0 aliphatic carbocycles. The highest BCUT2D eigenvalue weighted by atomic mass is 16.6. The largest absolute Gasteiger partial charge is 0.450 e. The number of hydrogen-bond acceptors (Lipinski definition) is 4. The zero-order chi connectivity index (χ0) is 18.1. The maximum Gasteiger partial charge on any atom is 0.409 e. The normalized spacial score (nSPS) is 12.7. The Labute approximate surface area is 148 Å². The van der Waals surface area contributed by atoms with Gasteiger partial charge in [0.15, 0.2) is 0 Å². The van der Waals surface area contributed by atoms with Crippen LogP contribution in [0.3, 0.4) is 0 Å². The molecule has 5 nitrogen and oxygen atoms in total. The standard InChI is InChI=1S/C20H23N3O2/c1-3-23(19(24)25-4-2)15-13-20(16-21,17-10-6-5-7-11-17)18-12-8-9-14-22-18/h5-12,14H,3-4,13,15H2,1-2H3. The number of aromatic nitrogens is 1. The smallest absolute Gasteiger partial charge is 0.409 e. The van der Waals surface area contributed by atoms with E-state index >= 15 is 0 Å². The minimum absolute atomic E-state index is 0.331. The van der Waals surface area contributed by atoms with Gasteiger partial charge in [0.25, 0.3) is 0 Å². The summed E-state index contributed by atoms with van der Waals surface area (Å²) in [7, 11) is 0. The summed E-state index contributed by atoms with van der Waals surface area (Å²) in [4.78, 5) is 18.1. The summed E-state index contributed by atoms with van der Waals surface area (Å²) >= 11 is 0. The lowest BCUT2D eigenvalue weighted by molar-refractivity contribution is 0.107. The van der Waals surface area contributed by atoms with Crippen LogP contribution in [0.2, 0.25) is 0 Å². The number of benzene rings is 1. The molecule has 0 N–H and O–H groups in total. The average Bonchev–Trinajstić information content (AvgIpc) is 2.67. The topological polar surface area (TPSA) is 66.2 Å². The van der Waals surface area contributed by atoms with Crippen molar-refractivity contribution in [1.82, 2.24) is 9.88 Å². The molecule has 0 radical (unpaired) electrons. The zero-order valence-electron chi connectivity index (χ0n) is 14.7. The first-order chi connectivity index (χ1) is 12.2. The third-order valence-electron chi connectivity index (χ3n) is 4.22. The van der Waals surface area contributed by atoms with Crippen molar-refractivity contribution in [1.29, 1.82) is 5.26 Å². The number of nitrogens with zero attached hydrogens (tertiary/aromatic N) is 3. The summed E-state index contributed by atoms with van der Waals surface area (Å²) in [6.07, 6.45) is 1.77. The Hall–Kier alpha value is -2.87. The number of carbonyl (C=O) groups excluding carboxylic acids is 1. The van der Waals surface area contributed by atoms with Crippen LogP contribution in [0.4, 0.5) is 4.79 Å². The van der Waals surface area contributed by atoms with Gasteiger partial charge >= 0.3 is 6.09 Å². The van der Waals surface area contributed by atoms with Gasteiger partial charge in [0.1, 0.15) is 5.41 Å². The highest BCUT2D eigenvalue weighted by molar-refractivity contribution is 5.67. The second kappa shape index (κ2) is 8.84. The first-order valence-corrected chi connectivity index (χ1v) is 8.48. The van der Waals surface area contributed by atoms with Crippen LogP contribution >= 0.6 is 0 Å². The molecular formula is C20H23N3O2. The van der Waals surface area contributed by atoms with E-state index in [0.717, 1.165) is 5.56 Å². The van der Waals surface area contributed by atoms with Gasteiger partial charge < -0.3 is 9.64 Å². The summed E-state index contributed by atoms with van der Waals surface area (Å²) in [5.74, 6) is 0. The van der Waals surface area contributed by atoms with Crippen LogP contribution in [-0.2, 0) is 10.2 Å². The van der Waals surface area contributed by atoms with Gasteiger partial charge in [-0.1, -0.05) is 36.4 Å². The molecule has 1 atom stereocenters. The summed E-state index contributed by atoms with van der Waals surface area (Å²) < 4.78 is 5.09. The summed E-state index contributed by atoms with van der Waals surface area (Å²) in [6, 6.07) is 17.6. The zero-order valence-corrected chi connectivity index (χ0v) is 14.7. The van der Waals surface area contributed by atoms with E-state index in [0.29, 0.717) is 31.8 Å². The van der Waals surface area contributed by atoms with E-state index in [1.807, 2.05) is 55.5 Å². The van der Waals surface area contributed by atoms with Crippen molar-refractivity contribution in [3.8, 4) is 6.07 Å². The molecule has 0 fully saturated rings. The molecule has 1 heterocycles. The SMILES string of the molecule is CCOC(=O)N(CC)CCC(C#N)(c1ccccc1)c1ccccn1. The van der Waals surface area contributed by atoms with Crippen LogP contribution in [0, 0.1) is 11.3 Å². The number of rotatable bonds is 7. The monoisotopic (exact) mass is 337 g/mol. The molecule has 2 rings (SSSR count). The maximum absolute atomic E-state index is 12.1. The summed E-state index contributed by atoms with van der Waals surface area (Å²) in [5.41, 5.74) is 0.641. The van der Waals surface area contributed by atoms with Crippen molar-refractivity contribution >= 4 is 6.09 Å². The van der Waals surface area contributed by atoms with E-state index in [-0.39, 0.29) is 6.09 Å². The van der Waals surface area contributed by atoms with Crippen LogP contribution < -0.4 is 0 Å². The van der Waals surface area contributed by atoms with Crippen molar-refractivity contribution in [2.24, 2.45) is 0 Å². The second-order valence-corrected chi connectivity index (χ2v) is 5.63. The number of nitriles is 1. The van der Waals surface area contributed by atoms with Gasteiger partial charge in [-0.25, -0.2) is 4.79 Å². The number of hydrogen-bond donors (Lipinski definition) is 0. The van der Waals surface area contributed by atoms with Crippen molar-refractivity contribution in [2.45, 2.75) is 25.7 Å². The third kappa shape index (κ3) is 4.16. The van der Waals surface area contributed by atoms with Gasteiger partial charge in [0, 0.05) is 19.3 Å². The molecule has 130 valence electrons.